The van der Waals surface area contributed by atoms with Crippen LogP contribution in [0, 0.1) is 26.0 Å². The standard InChI is InChI=1S/C21H25.C14H14Si.C5H5.2ClH.Zr/c1-20(2,3)16-7-9-18-14(12-16)11-15-13-17(21(4,5)6)8-10-19(15)18;1-11-5-3-7-13(9-11)15-14-8-4-6-12(2)10-14;1-2-4-5-3-1;;;/h7-10,12H,11H2,1-6H3;3-10H,1-2H3;1-3H,4H2;2*1H;/q-1;;-1;;;+2/p-2. The van der Waals surface area contributed by atoms with Crippen molar-refractivity contribution in [1.82, 2.24) is 0 Å². The van der Waals surface area contributed by atoms with Gasteiger partial charge in [-0.05, 0) is 28.4 Å². The summed E-state index contributed by atoms with van der Waals surface area (Å²) in [5.41, 5.74) is 10.9. The molecule has 0 atom stereocenters. The molecule has 0 unspecified atom stereocenters. The zero-order valence-electron chi connectivity index (χ0n) is 27.4. The molecular weight excluding hydrogens is 671 g/mol. The summed E-state index contributed by atoms with van der Waals surface area (Å²) in [7, 11) is 0. The number of rotatable bonds is 2. The Hall–Kier alpha value is -1.96. The smallest absolute Gasteiger partial charge is 0.109 e. The third-order valence-corrected chi connectivity index (χ3v) is 13.7. The summed E-state index contributed by atoms with van der Waals surface area (Å²) >= 11 is 1.65. The first-order valence-electron chi connectivity index (χ1n) is 15.0. The molecule has 4 aromatic carbocycles. The van der Waals surface area contributed by atoms with E-state index in [9.17, 15) is 0 Å². The molecule has 2 aliphatic rings. The maximum atomic E-state index is 3.67. The molecule has 4 heteroatoms. The Kier molecular flexibility index (Phi) is 14.4. The zero-order valence-corrected chi connectivity index (χ0v) is 32.4. The van der Waals surface area contributed by atoms with Gasteiger partial charge in [-0.3, -0.25) is 6.08 Å². The summed E-state index contributed by atoms with van der Waals surface area (Å²) < 4.78 is 0. The van der Waals surface area contributed by atoms with Crippen molar-refractivity contribution in [2.45, 2.75) is 79.1 Å². The second kappa shape index (κ2) is 16.6. The van der Waals surface area contributed by atoms with Crippen molar-refractivity contribution in [3.8, 4) is 11.1 Å². The molecule has 0 fully saturated rings. The van der Waals surface area contributed by atoms with E-state index in [0.29, 0.717) is 0 Å². The minimum atomic E-state index is -0.499. The van der Waals surface area contributed by atoms with E-state index in [1.165, 1.54) is 54.9 Å². The topological polar surface area (TPSA) is 0 Å². The fraction of sp³-hybridized carbons (Fsp3) is 0.300. The van der Waals surface area contributed by atoms with E-state index >= 15 is 0 Å². The van der Waals surface area contributed by atoms with Crippen molar-refractivity contribution in [2.75, 3.05) is 0 Å². The van der Waals surface area contributed by atoms with Crippen LogP contribution in [-0.2, 0) is 40.6 Å². The first-order chi connectivity index (χ1) is 19.8. The van der Waals surface area contributed by atoms with Gasteiger partial charge in [-0.1, -0.05) is 65.3 Å². The van der Waals surface area contributed by atoms with Crippen LogP contribution in [0.25, 0.3) is 11.1 Å². The van der Waals surface area contributed by atoms with Gasteiger partial charge in [0.2, 0.25) is 0 Å². The van der Waals surface area contributed by atoms with Crippen molar-refractivity contribution >= 4 is 15.8 Å². The van der Waals surface area contributed by atoms with Crippen LogP contribution >= 0.6 is 0 Å². The average molecular weight is 715 g/mol. The first kappa shape index (κ1) is 38.2. The maximum absolute atomic E-state index is 3.67. The van der Waals surface area contributed by atoms with Crippen molar-refractivity contribution in [2.24, 2.45) is 0 Å². The molecule has 0 spiro atoms. The van der Waals surface area contributed by atoms with Crippen LogP contribution in [0.5, 0.6) is 0 Å². The molecule has 0 radical (unpaired) electrons. The molecule has 0 N–H and O–H groups in total. The van der Waals surface area contributed by atoms with E-state index in [2.05, 4.69) is 152 Å². The number of hydrogen-bond donors (Lipinski definition) is 0. The van der Waals surface area contributed by atoms with Crippen LogP contribution in [0.2, 0.25) is 0 Å². The number of allylic oxidation sites excluding steroid dienone is 4. The molecule has 4 aromatic rings. The quantitative estimate of drug-likeness (QED) is 0.195. The van der Waals surface area contributed by atoms with Gasteiger partial charge in [-0.15, -0.1) is 17.5 Å². The molecule has 2 aliphatic carbocycles. The van der Waals surface area contributed by atoms with Crippen molar-refractivity contribution in [1.29, 1.82) is 0 Å². The predicted molar refractivity (Wildman–Crippen MR) is 180 cm³/mol. The Bertz CT molecular complexity index is 1520. The summed E-state index contributed by atoms with van der Waals surface area (Å²) in [4.78, 5) is 0. The van der Waals surface area contributed by atoms with Gasteiger partial charge in [-0.2, -0.15) is 29.8 Å². The summed E-state index contributed by atoms with van der Waals surface area (Å²) in [5, 5.41) is 3.07. The number of fused-ring (bicyclic) bond motifs is 3. The Morgan fingerprint density at radius 2 is 1.30 bits per heavy atom. The third kappa shape index (κ3) is 10.3. The van der Waals surface area contributed by atoms with E-state index < -0.39 is 5.43 Å². The second-order valence-electron chi connectivity index (χ2n) is 13.4. The maximum Gasteiger partial charge on any atom is -0.109 e. The van der Waals surface area contributed by atoms with Gasteiger partial charge in [0, 0.05) is 0 Å². The number of benzene rings is 4. The van der Waals surface area contributed by atoms with Gasteiger partial charge in [0.05, 0.1) is 0 Å². The molecule has 228 valence electrons. The molecule has 0 heterocycles. The van der Waals surface area contributed by atoms with Crippen LogP contribution in [0.1, 0.15) is 81.3 Å². The number of halogens is 2. The SMILES string of the molecule is CC(C)(C)c1[c-]c2c(cc1)-c1ccc(C(C)(C)C)cc1C2.Cc1cccc([Si](=[Zr+2])c2cccc(C)c2)c1.[C-]1=CC=CC1.[Cl-].[Cl-]. The minimum Gasteiger partial charge on any atom is -1.00 e. The van der Waals surface area contributed by atoms with Crippen LogP contribution in [0.4, 0.5) is 0 Å². The van der Waals surface area contributed by atoms with Crippen molar-refractivity contribution < 1.29 is 48.1 Å². The molecule has 0 bridgehead atoms. The largest absolute Gasteiger partial charge is 1.00 e. The van der Waals surface area contributed by atoms with Crippen molar-refractivity contribution in [3.63, 3.8) is 0 Å². The van der Waals surface area contributed by atoms with E-state index in [1.54, 1.807) is 23.3 Å². The molecule has 44 heavy (non-hydrogen) atoms. The van der Waals surface area contributed by atoms with E-state index in [1.807, 2.05) is 12.2 Å². The van der Waals surface area contributed by atoms with Gasteiger partial charge >= 0.3 is 113 Å². The minimum absolute atomic E-state index is 0. The Labute approximate surface area is 294 Å². The molecule has 6 rings (SSSR count). The van der Waals surface area contributed by atoms with Gasteiger partial charge < -0.3 is 24.8 Å². The fourth-order valence-electron chi connectivity index (χ4n) is 5.14. The molecule has 0 amide bonds. The van der Waals surface area contributed by atoms with E-state index in [4.69, 9.17) is 0 Å². The Morgan fingerprint density at radius 3 is 1.75 bits per heavy atom. The third-order valence-electron chi connectivity index (χ3n) is 7.66. The second-order valence-corrected chi connectivity index (χ2v) is 19.0. The summed E-state index contributed by atoms with van der Waals surface area (Å²) in [6, 6.07) is 33.1. The van der Waals surface area contributed by atoms with Crippen LogP contribution in [0.15, 0.2) is 97.1 Å². The van der Waals surface area contributed by atoms with Crippen molar-refractivity contribution in [3.05, 3.63) is 143 Å². The van der Waals surface area contributed by atoms with Crippen LogP contribution < -0.4 is 35.2 Å². The fourth-order valence-corrected chi connectivity index (χ4v) is 9.03. The van der Waals surface area contributed by atoms with Gasteiger partial charge in [0.15, 0.2) is 0 Å². The molecule has 0 aromatic heterocycles. The zero-order chi connectivity index (χ0) is 30.5. The summed E-state index contributed by atoms with van der Waals surface area (Å²) in [6.07, 6.45) is 11.0. The predicted octanol–water partition coefficient (Wildman–Crippen LogP) is 2.92. The van der Waals surface area contributed by atoms with Gasteiger partial charge in [-0.25, -0.2) is 12.2 Å². The molecule has 0 saturated heterocycles. The number of hydrogen-bond acceptors (Lipinski definition) is 0. The van der Waals surface area contributed by atoms with E-state index in [-0.39, 0.29) is 35.6 Å². The molecule has 0 aliphatic heterocycles. The first-order valence-corrected chi connectivity index (χ1v) is 20.2. The molecular formula is C40H44Cl2SiZr-2. The summed E-state index contributed by atoms with van der Waals surface area (Å²) in [5.74, 6) is 0. The number of aryl methyl sites for hydroxylation is 2. The normalized spacial score (nSPS) is 12.4. The molecule has 0 nitrogen and oxygen atoms in total. The molecule has 0 saturated carbocycles. The monoisotopic (exact) mass is 712 g/mol. The van der Waals surface area contributed by atoms with Gasteiger partial charge in [0.1, 0.15) is 0 Å². The van der Waals surface area contributed by atoms with Gasteiger partial charge in [0.25, 0.3) is 0 Å². The average Bonchev–Trinajstić information content (AvgIpc) is 3.63. The Morgan fingerprint density at radius 1 is 0.705 bits per heavy atom. The van der Waals surface area contributed by atoms with E-state index in [0.717, 1.165) is 12.8 Å². The van der Waals surface area contributed by atoms with Crippen LogP contribution in [0.3, 0.4) is 0 Å². The summed E-state index contributed by atoms with van der Waals surface area (Å²) in [6.45, 7) is 17.9. The Balaban J connectivity index is 0.000000260. The van der Waals surface area contributed by atoms with Crippen LogP contribution in [-0.4, -0.2) is 5.43 Å².